The fourth-order valence-corrected chi connectivity index (χ4v) is 3.84. The van der Waals surface area contributed by atoms with E-state index in [-0.39, 0.29) is 18.2 Å². The Morgan fingerprint density at radius 2 is 1.75 bits per heavy atom. The van der Waals surface area contributed by atoms with Gasteiger partial charge in [0.05, 0.1) is 12.3 Å². The number of sulfonamides is 1. The summed E-state index contributed by atoms with van der Waals surface area (Å²) in [5.74, 6) is 0. The summed E-state index contributed by atoms with van der Waals surface area (Å²) >= 11 is 0. The molecule has 0 heterocycles. The monoisotopic (exact) mass is 414 g/mol. The molecule has 0 aromatic rings. The van der Waals surface area contributed by atoms with Gasteiger partial charge in [0, 0.05) is 5.41 Å². The minimum Gasteiger partial charge on any atom is -0.444 e. The summed E-state index contributed by atoms with van der Waals surface area (Å²) in [6, 6.07) is -1.12. The van der Waals surface area contributed by atoms with Gasteiger partial charge in [0.15, 0.2) is 0 Å². The van der Waals surface area contributed by atoms with Crippen LogP contribution in [0.15, 0.2) is 37.0 Å². The highest BCUT2D eigenvalue weighted by atomic mass is 32.2. The van der Waals surface area contributed by atoms with Gasteiger partial charge in [-0.2, -0.15) is 0 Å². The van der Waals surface area contributed by atoms with Gasteiger partial charge in [-0.1, -0.05) is 48.3 Å². The van der Waals surface area contributed by atoms with Crippen molar-refractivity contribution in [2.45, 2.75) is 32.7 Å². The summed E-state index contributed by atoms with van der Waals surface area (Å²) in [5.41, 5.74) is -0.352. The highest BCUT2D eigenvalue weighted by Gasteiger charge is 2.49. The number of ether oxygens (including phenoxy) is 2. The van der Waals surface area contributed by atoms with Crippen molar-refractivity contribution in [2.24, 2.45) is 5.41 Å². The molecule has 0 bridgehead atoms. The van der Waals surface area contributed by atoms with Crippen molar-refractivity contribution in [3.8, 4) is 0 Å². The lowest BCUT2D eigenvalue weighted by Gasteiger charge is -2.43. The second kappa shape index (κ2) is 9.65. The Kier molecular flexibility index (Phi) is 8.13. The van der Waals surface area contributed by atoms with Crippen LogP contribution in [0.2, 0.25) is 0 Å². The number of aldehydes is 1. The van der Waals surface area contributed by atoms with E-state index in [1.54, 1.807) is 19.9 Å². The standard InChI is InChI=1S/C18H26N2O7S/c1-6-10-26-16(22)19(17(23)27-11-7-2)20(28(5,24)25)15-12-14(3)8-9-18(15,4)13-21/h6-7,12-13,15H,1-2,8-11H2,3-5H3/t15-,18-/m1/s1. The van der Waals surface area contributed by atoms with Gasteiger partial charge in [-0.25, -0.2) is 18.0 Å². The molecule has 2 amide bonds. The van der Waals surface area contributed by atoms with Crippen molar-refractivity contribution >= 4 is 28.5 Å². The van der Waals surface area contributed by atoms with Gasteiger partial charge in [-0.05, 0) is 19.8 Å². The molecule has 1 aliphatic carbocycles. The van der Waals surface area contributed by atoms with Crippen LogP contribution in [0, 0.1) is 5.41 Å². The first kappa shape index (κ1) is 23.6. The van der Waals surface area contributed by atoms with Crippen LogP contribution in [-0.2, 0) is 24.3 Å². The number of hydrazine groups is 1. The van der Waals surface area contributed by atoms with Crippen molar-refractivity contribution < 1.29 is 32.3 Å². The first-order valence-electron chi connectivity index (χ1n) is 8.50. The lowest BCUT2D eigenvalue weighted by molar-refractivity contribution is -0.119. The lowest BCUT2D eigenvalue weighted by Crippen LogP contribution is -2.61. The summed E-state index contributed by atoms with van der Waals surface area (Å²) < 4.78 is 35.5. The molecule has 0 aliphatic heterocycles. The first-order chi connectivity index (χ1) is 13.0. The first-order valence-corrected chi connectivity index (χ1v) is 10.3. The van der Waals surface area contributed by atoms with Gasteiger partial charge in [0.1, 0.15) is 19.5 Å². The van der Waals surface area contributed by atoms with Gasteiger partial charge in [0.2, 0.25) is 10.0 Å². The van der Waals surface area contributed by atoms with Crippen LogP contribution in [0.5, 0.6) is 0 Å². The molecular weight excluding hydrogens is 388 g/mol. The number of imide groups is 1. The van der Waals surface area contributed by atoms with Crippen LogP contribution < -0.4 is 0 Å². The number of hydrogen-bond donors (Lipinski definition) is 0. The number of amides is 2. The highest BCUT2D eigenvalue weighted by Crippen LogP contribution is 2.38. The Hall–Kier alpha value is -2.46. The van der Waals surface area contributed by atoms with Gasteiger partial charge >= 0.3 is 12.2 Å². The van der Waals surface area contributed by atoms with Crippen LogP contribution in [0.4, 0.5) is 9.59 Å². The molecule has 0 radical (unpaired) electrons. The van der Waals surface area contributed by atoms with Crippen molar-refractivity contribution in [3.63, 3.8) is 0 Å². The zero-order valence-corrected chi connectivity index (χ0v) is 17.1. The molecule has 1 aliphatic rings. The highest BCUT2D eigenvalue weighted by molar-refractivity contribution is 7.88. The van der Waals surface area contributed by atoms with E-state index >= 15 is 0 Å². The minimum absolute atomic E-state index is 0.254. The number of allylic oxidation sites excluding steroid dienone is 1. The third-order valence-electron chi connectivity index (χ3n) is 4.22. The predicted molar refractivity (Wildman–Crippen MR) is 103 cm³/mol. The number of carbonyl (C=O) groups excluding carboxylic acids is 3. The second-order valence-electron chi connectivity index (χ2n) is 6.66. The summed E-state index contributed by atoms with van der Waals surface area (Å²) in [7, 11) is -4.21. The normalized spacial score (nSPS) is 22.0. The Labute approximate surface area is 165 Å². The molecule has 156 valence electrons. The maximum atomic E-state index is 12.6. The Balaban J connectivity index is 3.57. The molecule has 0 saturated heterocycles. The number of carbonyl (C=O) groups is 3. The fraction of sp³-hybridized carbons (Fsp3) is 0.500. The molecule has 0 aromatic heterocycles. The quantitative estimate of drug-likeness (QED) is 0.341. The Morgan fingerprint density at radius 3 is 2.14 bits per heavy atom. The topological polar surface area (TPSA) is 110 Å². The molecule has 0 fully saturated rings. The zero-order chi connectivity index (χ0) is 21.5. The number of rotatable bonds is 8. The van der Waals surface area contributed by atoms with Gasteiger partial charge in [0.25, 0.3) is 0 Å². The maximum Gasteiger partial charge on any atom is 0.435 e. The van der Waals surface area contributed by atoms with E-state index in [9.17, 15) is 22.8 Å². The molecule has 0 spiro atoms. The molecule has 9 nitrogen and oxygen atoms in total. The molecule has 1 rings (SSSR count). The van der Waals surface area contributed by atoms with E-state index in [0.29, 0.717) is 23.5 Å². The maximum absolute atomic E-state index is 12.6. The van der Waals surface area contributed by atoms with E-state index < -0.39 is 33.7 Å². The van der Waals surface area contributed by atoms with Crippen LogP contribution in [0.25, 0.3) is 0 Å². The minimum atomic E-state index is -4.21. The van der Waals surface area contributed by atoms with E-state index in [2.05, 4.69) is 13.2 Å². The van der Waals surface area contributed by atoms with Crippen molar-refractivity contribution in [3.05, 3.63) is 37.0 Å². The van der Waals surface area contributed by atoms with Crippen LogP contribution >= 0.6 is 0 Å². The smallest absolute Gasteiger partial charge is 0.435 e. The summed E-state index contributed by atoms with van der Waals surface area (Å²) in [5, 5.41) is 0.254. The Morgan fingerprint density at radius 1 is 1.25 bits per heavy atom. The summed E-state index contributed by atoms with van der Waals surface area (Å²) in [6.07, 6.45) is 3.89. The van der Waals surface area contributed by atoms with E-state index in [1.807, 2.05) is 0 Å². The largest absolute Gasteiger partial charge is 0.444 e. The molecular formula is C18H26N2O7S. The molecule has 0 unspecified atom stereocenters. The number of nitrogens with zero attached hydrogens (tertiary/aromatic N) is 2. The molecule has 2 atom stereocenters. The zero-order valence-electron chi connectivity index (χ0n) is 16.3. The average molecular weight is 414 g/mol. The molecule has 28 heavy (non-hydrogen) atoms. The molecule has 0 saturated carbocycles. The SMILES string of the molecule is C=CCOC(=O)N(C(=O)OCC=C)N([C@@H]1C=C(C)CC[C@]1(C)C=O)S(C)(=O)=O. The van der Waals surface area contributed by atoms with Crippen molar-refractivity contribution in [2.75, 3.05) is 19.5 Å². The van der Waals surface area contributed by atoms with Crippen molar-refractivity contribution in [1.82, 2.24) is 9.42 Å². The van der Waals surface area contributed by atoms with Crippen molar-refractivity contribution in [1.29, 1.82) is 0 Å². The van der Waals surface area contributed by atoms with Gasteiger partial charge in [-0.3, -0.25) is 0 Å². The summed E-state index contributed by atoms with van der Waals surface area (Å²) in [6.45, 7) is 9.63. The molecule has 0 N–H and O–H groups in total. The van der Waals surface area contributed by atoms with Crippen LogP contribution in [0.1, 0.15) is 26.7 Å². The van der Waals surface area contributed by atoms with Gasteiger partial charge < -0.3 is 14.3 Å². The summed E-state index contributed by atoms with van der Waals surface area (Å²) in [4.78, 5) is 36.9. The Bertz CT molecular complexity index is 751. The third-order valence-corrected chi connectivity index (χ3v) is 5.29. The predicted octanol–water partition coefficient (Wildman–Crippen LogP) is 2.42. The third kappa shape index (κ3) is 5.52. The average Bonchev–Trinajstić information content (AvgIpc) is 2.63. The van der Waals surface area contributed by atoms with Crippen LogP contribution in [-0.4, -0.2) is 61.8 Å². The van der Waals surface area contributed by atoms with E-state index in [0.717, 1.165) is 11.8 Å². The fourth-order valence-electron chi connectivity index (χ4n) is 2.70. The van der Waals surface area contributed by atoms with Crippen LogP contribution in [0.3, 0.4) is 0 Å². The van der Waals surface area contributed by atoms with E-state index in [4.69, 9.17) is 9.47 Å². The number of hydrogen-bond acceptors (Lipinski definition) is 7. The van der Waals surface area contributed by atoms with Gasteiger partial charge in [-0.15, -0.1) is 5.01 Å². The molecule has 0 aromatic carbocycles. The lowest BCUT2D eigenvalue weighted by atomic mass is 9.74. The second-order valence-corrected chi connectivity index (χ2v) is 8.50. The molecule has 10 heteroatoms. The van der Waals surface area contributed by atoms with E-state index in [1.165, 1.54) is 12.2 Å².